The Kier molecular flexibility index (Phi) is 5.38. The molecular formula is C24H20N2O3. The van der Waals surface area contributed by atoms with Gasteiger partial charge in [0.1, 0.15) is 11.5 Å². The lowest BCUT2D eigenvalue weighted by molar-refractivity contribution is -0.123. The van der Waals surface area contributed by atoms with E-state index in [1.807, 2.05) is 78.9 Å². The second-order valence-electron chi connectivity index (χ2n) is 6.49. The summed E-state index contributed by atoms with van der Waals surface area (Å²) in [6, 6.07) is 25.5. The molecule has 0 heterocycles. The van der Waals surface area contributed by atoms with E-state index >= 15 is 0 Å². The van der Waals surface area contributed by atoms with Crippen molar-refractivity contribution in [2.24, 2.45) is 5.10 Å². The van der Waals surface area contributed by atoms with E-state index in [4.69, 9.17) is 9.47 Å². The summed E-state index contributed by atoms with van der Waals surface area (Å²) in [4.78, 5) is 12.1. The third kappa shape index (κ3) is 4.19. The highest BCUT2D eigenvalue weighted by molar-refractivity contribution is 6.02. The molecule has 0 saturated heterocycles. The topological polar surface area (TPSA) is 59.9 Å². The van der Waals surface area contributed by atoms with Crippen molar-refractivity contribution in [2.45, 2.75) is 0 Å². The second-order valence-corrected chi connectivity index (χ2v) is 6.49. The zero-order chi connectivity index (χ0) is 20.1. The number of hydrazone groups is 1. The van der Waals surface area contributed by atoms with Gasteiger partial charge in [0.15, 0.2) is 6.61 Å². The van der Waals surface area contributed by atoms with Crippen molar-refractivity contribution in [3.63, 3.8) is 0 Å². The molecule has 4 rings (SSSR count). The third-order valence-electron chi connectivity index (χ3n) is 4.62. The van der Waals surface area contributed by atoms with Crippen LogP contribution in [0.15, 0.2) is 84.0 Å². The van der Waals surface area contributed by atoms with Crippen molar-refractivity contribution in [3.05, 3.63) is 84.4 Å². The number of carbonyl (C=O) groups excluding carboxylic acids is 1. The van der Waals surface area contributed by atoms with Gasteiger partial charge in [-0.1, -0.05) is 60.7 Å². The number of ether oxygens (including phenoxy) is 2. The Bertz CT molecular complexity index is 1200. The highest BCUT2D eigenvalue weighted by Gasteiger charge is 2.07. The van der Waals surface area contributed by atoms with Gasteiger partial charge in [0.25, 0.3) is 5.91 Å². The molecule has 0 fully saturated rings. The van der Waals surface area contributed by atoms with Crippen molar-refractivity contribution in [1.29, 1.82) is 0 Å². The monoisotopic (exact) mass is 384 g/mol. The predicted octanol–water partition coefficient (Wildman–Crippen LogP) is 4.53. The van der Waals surface area contributed by atoms with E-state index in [-0.39, 0.29) is 12.5 Å². The fraction of sp³-hybridized carbons (Fsp3) is 0.0833. The molecule has 0 radical (unpaired) electrons. The Morgan fingerprint density at radius 2 is 1.66 bits per heavy atom. The van der Waals surface area contributed by atoms with Crippen molar-refractivity contribution < 1.29 is 14.3 Å². The Balaban J connectivity index is 1.41. The number of carbonyl (C=O) groups is 1. The van der Waals surface area contributed by atoms with Gasteiger partial charge in [0.2, 0.25) is 0 Å². The Labute approximate surface area is 168 Å². The van der Waals surface area contributed by atoms with Crippen LogP contribution in [0.5, 0.6) is 11.5 Å². The van der Waals surface area contributed by atoms with Crippen LogP contribution in [0, 0.1) is 0 Å². The van der Waals surface area contributed by atoms with Crippen LogP contribution in [0.25, 0.3) is 21.5 Å². The number of nitrogens with zero attached hydrogens (tertiary/aromatic N) is 1. The molecule has 1 N–H and O–H groups in total. The van der Waals surface area contributed by atoms with Crippen molar-refractivity contribution in [3.8, 4) is 11.5 Å². The molecule has 0 saturated carbocycles. The summed E-state index contributed by atoms with van der Waals surface area (Å²) >= 11 is 0. The fourth-order valence-corrected chi connectivity index (χ4v) is 3.19. The molecule has 5 heteroatoms. The Morgan fingerprint density at radius 1 is 0.931 bits per heavy atom. The van der Waals surface area contributed by atoms with Gasteiger partial charge >= 0.3 is 0 Å². The molecule has 0 bridgehead atoms. The van der Waals surface area contributed by atoms with Crippen molar-refractivity contribution in [1.82, 2.24) is 5.43 Å². The number of benzene rings is 4. The first kappa shape index (κ1) is 18.5. The minimum absolute atomic E-state index is 0.123. The highest BCUT2D eigenvalue weighted by Crippen LogP contribution is 2.26. The van der Waals surface area contributed by atoms with E-state index in [2.05, 4.69) is 10.5 Å². The molecule has 0 aliphatic carbocycles. The number of rotatable bonds is 6. The number of fused-ring (bicyclic) bond motifs is 2. The van der Waals surface area contributed by atoms with Gasteiger partial charge in [0, 0.05) is 5.56 Å². The van der Waals surface area contributed by atoms with Gasteiger partial charge in [-0.3, -0.25) is 4.79 Å². The third-order valence-corrected chi connectivity index (χ3v) is 4.62. The minimum Gasteiger partial charge on any atom is -0.496 e. The Morgan fingerprint density at radius 3 is 2.48 bits per heavy atom. The molecule has 144 valence electrons. The van der Waals surface area contributed by atoms with Gasteiger partial charge in [-0.15, -0.1) is 0 Å². The summed E-state index contributed by atoms with van der Waals surface area (Å²) < 4.78 is 11.0. The number of amides is 1. The van der Waals surface area contributed by atoms with E-state index in [0.717, 1.165) is 27.1 Å². The van der Waals surface area contributed by atoms with Crippen LogP contribution >= 0.6 is 0 Å². The summed E-state index contributed by atoms with van der Waals surface area (Å²) in [7, 11) is 1.61. The van der Waals surface area contributed by atoms with E-state index in [0.29, 0.717) is 11.5 Å². The number of nitrogens with one attached hydrogen (secondary N) is 1. The van der Waals surface area contributed by atoms with Gasteiger partial charge in [0.05, 0.1) is 13.3 Å². The molecule has 0 atom stereocenters. The number of hydrogen-bond donors (Lipinski definition) is 1. The van der Waals surface area contributed by atoms with Crippen molar-refractivity contribution >= 4 is 33.7 Å². The summed E-state index contributed by atoms with van der Waals surface area (Å²) in [5.74, 6) is 0.987. The molecular weight excluding hydrogens is 364 g/mol. The van der Waals surface area contributed by atoms with Gasteiger partial charge < -0.3 is 9.47 Å². The quantitative estimate of drug-likeness (QED) is 0.392. The van der Waals surface area contributed by atoms with Crippen LogP contribution in [0.1, 0.15) is 5.56 Å². The molecule has 4 aromatic rings. The van der Waals surface area contributed by atoms with Crippen LogP contribution in [0.4, 0.5) is 0 Å². The average molecular weight is 384 g/mol. The number of hydrogen-bond acceptors (Lipinski definition) is 4. The fourth-order valence-electron chi connectivity index (χ4n) is 3.19. The molecule has 0 aliphatic heterocycles. The second kappa shape index (κ2) is 8.44. The van der Waals surface area contributed by atoms with Crippen LogP contribution in [-0.4, -0.2) is 25.8 Å². The zero-order valence-corrected chi connectivity index (χ0v) is 16.0. The van der Waals surface area contributed by atoms with E-state index in [1.165, 1.54) is 0 Å². The molecule has 0 aromatic heterocycles. The van der Waals surface area contributed by atoms with Crippen LogP contribution in [-0.2, 0) is 4.79 Å². The largest absolute Gasteiger partial charge is 0.496 e. The van der Waals surface area contributed by atoms with Crippen molar-refractivity contribution in [2.75, 3.05) is 13.7 Å². The SMILES string of the molecule is COc1ccc2ccccc2c1/C=N\NC(=O)COc1ccc2ccccc2c1. The van der Waals surface area contributed by atoms with Gasteiger partial charge in [-0.25, -0.2) is 5.43 Å². The first-order chi connectivity index (χ1) is 14.2. The van der Waals surface area contributed by atoms with Crippen LogP contribution in [0.2, 0.25) is 0 Å². The Hall–Kier alpha value is -3.86. The highest BCUT2D eigenvalue weighted by atomic mass is 16.5. The molecule has 0 aliphatic rings. The summed E-state index contributed by atoms with van der Waals surface area (Å²) in [5, 5.41) is 8.33. The maximum atomic E-state index is 12.1. The summed E-state index contributed by atoms with van der Waals surface area (Å²) in [6.07, 6.45) is 1.59. The molecule has 4 aromatic carbocycles. The lowest BCUT2D eigenvalue weighted by Gasteiger charge is -2.09. The first-order valence-corrected chi connectivity index (χ1v) is 9.24. The maximum absolute atomic E-state index is 12.1. The van der Waals surface area contributed by atoms with E-state index < -0.39 is 0 Å². The standard InChI is InChI=1S/C24H20N2O3/c1-28-23-13-11-18-7-4-5-9-21(18)22(23)15-25-26-24(27)16-29-20-12-10-17-6-2-3-8-19(17)14-20/h2-15H,16H2,1H3,(H,26,27)/b25-15-. The lowest BCUT2D eigenvalue weighted by Crippen LogP contribution is -2.24. The number of methoxy groups -OCH3 is 1. The van der Waals surface area contributed by atoms with Crippen LogP contribution < -0.4 is 14.9 Å². The molecule has 0 spiro atoms. The van der Waals surface area contributed by atoms with E-state index in [9.17, 15) is 4.79 Å². The van der Waals surface area contributed by atoms with Gasteiger partial charge in [-0.2, -0.15) is 5.10 Å². The summed E-state index contributed by atoms with van der Waals surface area (Å²) in [6.45, 7) is -0.123. The molecule has 0 unspecified atom stereocenters. The van der Waals surface area contributed by atoms with Crippen LogP contribution in [0.3, 0.4) is 0 Å². The molecule has 1 amide bonds. The zero-order valence-electron chi connectivity index (χ0n) is 16.0. The molecule has 29 heavy (non-hydrogen) atoms. The average Bonchev–Trinajstić information content (AvgIpc) is 2.77. The van der Waals surface area contributed by atoms with Gasteiger partial charge in [-0.05, 0) is 39.7 Å². The maximum Gasteiger partial charge on any atom is 0.277 e. The predicted molar refractivity (Wildman–Crippen MR) is 116 cm³/mol. The summed E-state index contributed by atoms with van der Waals surface area (Å²) in [5.41, 5.74) is 3.31. The normalized spacial score (nSPS) is 11.1. The minimum atomic E-state index is -0.339. The first-order valence-electron chi connectivity index (χ1n) is 9.24. The molecule has 5 nitrogen and oxygen atoms in total. The van der Waals surface area contributed by atoms with E-state index in [1.54, 1.807) is 13.3 Å². The lowest BCUT2D eigenvalue weighted by atomic mass is 10.0. The smallest absolute Gasteiger partial charge is 0.277 e.